The fourth-order valence-electron chi connectivity index (χ4n) is 2.41. The van der Waals surface area contributed by atoms with Gasteiger partial charge in [0.25, 0.3) is 0 Å². The second kappa shape index (κ2) is 6.52. The first kappa shape index (κ1) is 14.5. The second-order valence-corrected chi connectivity index (χ2v) is 5.18. The van der Waals surface area contributed by atoms with Crippen molar-refractivity contribution >= 4 is 11.9 Å². The Labute approximate surface area is 117 Å². The molecule has 0 aliphatic heterocycles. The Balaban J connectivity index is 1.77. The SMILES string of the molecule is Cc1ccc(C(=O)CO[C@H]2CC[C@H](NC(=O)O)C2)cc1. The molecule has 1 aromatic rings. The van der Waals surface area contributed by atoms with Crippen LogP contribution < -0.4 is 5.32 Å². The van der Waals surface area contributed by atoms with Crippen molar-refractivity contribution < 1.29 is 19.4 Å². The van der Waals surface area contributed by atoms with E-state index >= 15 is 0 Å². The number of nitrogens with one attached hydrogen (secondary N) is 1. The van der Waals surface area contributed by atoms with Crippen molar-refractivity contribution in [3.05, 3.63) is 35.4 Å². The largest absolute Gasteiger partial charge is 0.465 e. The van der Waals surface area contributed by atoms with Crippen LogP contribution in [0.2, 0.25) is 0 Å². The lowest BCUT2D eigenvalue weighted by atomic mass is 10.1. The van der Waals surface area contributed by atoms with Crippen molar-refractivity contribution in [3.8, 4) is 0 Å². The van der Waals surface area contributed by atoms with Crippen LogP contribution >= 0.6 is 0 Å². The molecule has 0 bridgehead atoms. The first-order valence-corrected chi connectivity index (χ1v) is 6.75. The van der Waals surface area contributed by atoms with Gasteiger partial charge in [-0.15, -0.1) is 0 Å². The summed E-state index contributed by atoms with van der Waals surface area (Å²) in [5, 5.41) is 11.1. The Hall–Kier alpha value is -1.88. The molecule has 0 aromatic heterocycles. The number of rotatable bonds is 5. The zero-order valence-corrected chi connectivity index (χ0v) is 11.5. The van der Waals surface area contributed by atoms with Crippen LogP contribution in [0.25, 0.3) is 0 Å². The van der Waals surface area contributed by atoms with E-state index in [2.05, 4.69) is 5.32 Å². The van der Waals surface area contributed by atoms with Gasteiger partial charge in [0.2, 0.25) is 0 Å². The van der Waals surface area contributed by atoms with Gasteiger partial charge in [-0.3, -0.25) is 4.79 Å². The van der Waals surface area contributed by atoms with Crippen LogP contribution in [-0.2, 0) is 4.74 Å². The summed E-state index contributed by atoms with van der Waals surface area (Å²) in [6, 6.07) is 7.33. The van der Waals surface area contributed by atoms with E-state index in [1.54, 1.807) is 12.1 Å². The van der Waals surface area contributed by atoms with E-state index in [0.29, 0.717) is 12.0 Å². The van der Waals surface area contributed by atoms with Gasteiger partial charge in [-0.1, -0.05) is 29.8 Å². The van der Waals surface area contributed by atoms with Gasteiger partial charge in [-0.2, -0.15) is 0 Å². The quantitative estimate of drug-likeness (QED) is 0.810. The third kappa shape index (κ3) is 4.06. The maximum atomic E-state index is 11.9. The van der Waals surface area contributed by atoms with Crippen LogP contribution in [0.1, 0.15) is 35.2 Å². The molecule has 1 fully saturated rings. The van der Waals surface area contributed by atoms with E-state index < -0.39 is 6.09 Å². The zero-order chi connectivity index (χ0) is 14.5. The second-order valence-electron chi connectivity index (χ2n) is 5.18. The molecule has 0 spiro atoms. The third-order valence-electron chi connectivity index (χ3n) is 3.54. The molecule has 1 aliphatic carbocycles. The van der Waals surface area contributed by atoms with Crippen molar-refractivity contribution in [2.45, 2.75) is 38.3 Å². The van der Waals surface area contributed by atoms with Crippen LogP contribution in [0.3, 0.4) is 0 Å². The van der Waals surface area contributed by atoms with Crippen molar-refractivity contribution in [1.29, 1.82) is 0 Å². The summed E-state index contributed by atoms with van der Waals surface area (Å²) in [4.78, 5) is 22.5. The van der Waals surface area contributed by atoms with Gasteiger partial charge in [0.1, 0.15) is 6.61 Å². The zero-order valence-electron chi connectivity index (χ0n) is 11.5. The lowest BCUT2D eigenvalue weighted by molar-refractivity contribution is 0.0472. The number of carboxylic acid groups (broad SMARTS) is 1. The van der Waals surface area contributed by atoms with Crippen molar-refractivity contribution in [2.75, 3.05) is 6.61 Å². The number of benzene rings is 1. The molecule has 2 atom stereocenters. The average Bonchev–Trinajstić information content (AvgIpc) is 2.83. The molecule has 2 rings (SSSR count). The van der Waals surface area contributed by atoms with Gasteiger partial charge in [0.15, 0.2) is 5.78 Å². The molecule has 108 valence electrons. The average molecular weight is 277 g/mol. The van der Waals surface area contributed by atoms with Crippen LogP contribution in [-0.4, -0.2) is 35.7 Å². The van der Waals surface area contributed by atoms with E-state index in [1.807, 2.05) is 19.1 Å². The highest BCUT2D eigenvalue weighted by atomic mass is 16.5. The van der Waals surface area contributed by atoms with Gasteiger partial charge >= 0.3 is 6.09 Å². The Bertz CT molecular complexity index is 483. The fourth-order valence-corrected chi connectivity index (χ4v) is 2.41. The summed E-state index contributed by atoms with van der Waals surface area (Å²) >= 11 is 0. The number of Topliss-reactive ketones (excluding diaryl/α,β-unsaturated/α-hetero) is 1. The number of ether oxygens (including phenoxy) is 1. The summed E-state index contributed by atoms with van der Waals surface area (Å²) in [5.41, 5.74) is 1.76. The highest BCUT2D eigenvalue weighted by Gasteiger charge is 2.26. The topological polar surface area (TPSA) is 75.6 Å². The number of ketones is 1. The molecule has 1 aliphatic rings. The van der Waals surface area contributed by atoms with E-state index in [4.69, 9.17) is 9.84 Å². The lowest BCUT2D eigenvalue weighted by Crippen LogP contribution is -2.32. The van der Waals surface area contributed by atoms with Gasteiger partial charge < -0.3 is 15.2 Å². The molecule has 2 N–H and O–H groups in total. The smallest absolute Gasteiger partial charge is 0.404 e. The summed E-state index contributed by atoms with van der Waals surface area (Å²) < 4.78 is 5.58. The van der Waals surface area contributed by atoms with Crippen LogP contribution in [0.4, 0.5) is 4.79 Å². The van der Waals surface area contributed by atoms with Gasteiger partial charge in [-0.05, 0) is 26.2 Å². The number of carbonyl (C=O) groups excluding carboxylic acids is 1. The Morgan fingerprint density at radius 1 is 1.30 bits per heavy atom. The minimum atomic E-state index is -1.01. The maximum absolute atomic E-state index is 11.9. The van der Waals surface area contributed by atoms with Gasteiger partial charge in [0, 0.05) is 11.6 Å². The summed E-state index contributed by atoms with van der Waals surface area (Å²) in [6.45, 7) is 2.02. The number of hydrogen-bond donors (Lipinski definition) is 2. The van der Waals surface area contributed by atoms with Crippen LogP contribution in [0, 0.1) is 6.92 Å². The standard InChI is InChI=1S/C15H19NO4/c1-10-2-4-11(5-3-10)14(17)9-20-13-7-6-12(8-13)16-15(18)19/h2-5,12-13,16H,6-9H2,1H3,(H,18,19)/t12-,13-/m0/s1. The van der Waals surface area contributed by atoms with Crippen LogP contribution in [0.15, 0.2) is 24.3 Å². The van der Waals surface area contributed by atoms with Gasteiger partial charge in [0.05, 0.1) is 6.10 Å². The molecule has 5 nitrogen and oxygen atoms in total. The maximum Gasteiger partial charge on any atom is 0.404 e. The molecule has 0 radical (unpaired) electrons. The Morgan fingerprint density at radius 3 is 2.65 bits per heavy atom. The molecular formula is C15H19NO4. The predicted molar refractivity (Wildman–Crippen MR) is 74.0 cm³/mol. The van der Waals surface area contributed by atoms with Crippen molar-refractivity contribution in [3.63, 3.8) is 0 Å². The summed E-state index contributed by atoms with van der Waals surface area (Å²) in [5.74, 6) is -0.0420. The summed E-state index contributed by atoms with van der Waals surface area (Å²) in [7, 11) is 0. The minimum Gasteiger partial charge on any atom is -0.465 e. The molecule has 0 heterocycles. The predicted octanol–water partition coefficient (Wildman–Crippen LogP) is 2.38. The molecule has 0 unspecified atom stereocenters. The first-order chi connectivity index (χ1) is 9.54. The van der Waals surface area contributed by atoms with Crippen molar-refractivity contribution in [2.24, 2.45) is 0 Å². The van der Waals surface area contributed by atoms with E-state index in [9.17, 15) is 9.59 Å². The minimum absolute atomic E-state index is 0.0405. The molecule has 20 heavy (non-hydrogen) atoms. The van der Waals surface area contributed by atoms with E-state index in [1.165, 1.54) is 0 Å². The fraction of sp³-hybridized carbons (Fsp3) is 0.467. The van der Waals surface area contributed by atoms with Crippen molar-refractivity contribution in [1.82, 2.24) is 5.32 Å². The first-order valence-electron chi connectivity index (χ1n) is 6.75. The van der Waals surface area contributed by atoms with E-state index in [0.717, 1.165) is 18.4 Å². The molecule has 1 aromatic carbocycles. The highest BCUT2D eigenvalue weighted by Crippen LogP contribution is 2.22. The Morgan fingerprint density at radius 2 is 2.00 bits per heavy atom. The number of hydrogen-bond acceptors (Lipinski definition) is 3. The molecular weight excluding hydrogens is 258 g/mol. The van der Waals surface area contributed by atoms with Crippen LogP contribution in [0.5, 0.6) is 0 Å². The third-order valence-corrected chi connectivity index (χ3v) is 3.54. The molecule has 1 saturated carbocycles. The molecule has 1 amide bonds. The number of amides is 1. The van der Waals surface area contributed by atoms with E-state index in [-0.39, 0.29) is 24.5 Å². The lowest BCUT2D eigenvalue weighted by Gasteiger charge is -2.12. The molecule has 0 saturated heterocycles. The highest BCUT2D eigenvalue weighted by molar-refractivity contribution is 5.97. The number of carbonyl (C=O) groups is 2. The monoisotopic (exact) mass is 277 g/mol. The normalized spacial score (nSPS) is 21.6. The molecule has 5 heteroatoms. The number of aryl methyl sites for hydroxylation is 1. The Kier molecular flexibility index (Phi) is 4.74. The summed E-state index contributed by atoms with van der Waals surface area (Å²) in [6.07, 6.45) is 1.13. The van der Waals surface area contributed by atoms with Gasteiger partial charge in [-0.25, -0.2) is 4.79 Å².